The van der Waals surface area contributed by atoms with E-state index in [-0.39, 0.29) is 6.54 Å². The number of benzene rings is 2. The van der Waals surface area contributed by atoms with Gasteiger partial charge in [-0.25, -0.2) is 8.78 Å². The van der Waals surface area contributed by atoms with Gasteiger partial charge in [0.2, 0.25) is 0 Å². The summed E-state index contributed by atoms with van der Waals surface area (Å²) in [4.78, 5) is 0. The van der Waals surface area contributed by atoms with Gasteiger partial charge in [0.15, 0.2) is 11.6 Å². The third-order valence-electron chi connectivity index (χ3n) is 2.64. The molecular weight excluding hydrogens is 248 g/mol. The van der Waals surface area contributed by atoms with E-state index in [0.29, 0.717) is 18.7 Å². The van der Waals surface area contributed by atoms with Crippen LogP contribution in [0, 0.1) is 11.6 Å². The first kappa shape index (κ1) is 13.5. The molecule has 4 heteroatoms. The fourth-order valence-electron chi connectivity index (χ4n) is 1.67. The fourth-order valence-corrected chi connectivity index (χ4v) is 1.67. The Hall–Kier alpha value is -1.94. The number of ether oxygens (including phenoxy) is 1. The van der Waals surface area contributed by atoms with Gasteiger partial charge in [0, 0.05) is 18.7 Å². The number of rotatable bonds is 6. The minimum Gasteiger partial charge on any atom is -0.492 e. The van der Waals surface area contributed by atoms with E-state index < -0.39 is 11.6 Å². The van der Waals surface area contributed by atoms with Crippen LogP contribution < -0.4 is 10.1 Å². The highest BCUT2D eigenvalue weighted by Gasteiger charge is 2.06. The van der Waals surface area contributed by atoms with Crippen LogP contribution >= 0.6 is 0 Å². The smallest absolute Gasteiger partial charge is 0.163 e. The lowest BCUT2D eigenvalue weighted by Crippen LogP contribution is -2.21. The predicted octanol–water partition coefficient (Wildman–Crippen LogP) is 3.13. The summed E-state index contributed by atoms with van der Waals surface area (Å²) in [5.41, 5.74) is 0.319. The summed E-state index contributed by atoms with van der Waals surface area (Å²) in [6.07, 6.45) is 0. The van der Waals surface area contributed by atoms with Crippen molar-refractivity contribution in [1.82, 2.24) is 5.32 Å². The minimum atomic E-state index is -0.820. The van der Waals surface area contributed by atoms with Gasteiger partial charge in [0.25, 0.3) is 0 Å². The molecule has 0 fully saturated rings. The van der Waals surface area contributed by atoms with Gasteiger partial charge < -0.3 is 10.1 Å². The van der Waals surface area contributed by atoms with Crippen molar-refractivity contribution < 1.29 is 13.5 Å². The van der Waals surface area contributed by atoms with E-state index in [9.17, 15) is 8.78 Å². The first-order valence-corrected chi connectivity index (χ1v) is 6.09. The van der Waals surface area contributed by atoms with Gasteiger partial charge in [-0.2, -0.15) is 0 Å². The maximum absolute atomic E-state index is 13.3. The second-order valence-corrected chi connectivity index (χ2v) is 4.05. The SMILES string of the molecule is Fc1cccc(CNCCOc2ccccc2)c1F. The summed E-state index contributed by atoms with van der Waals surface area (Å²) < 4.78 is 31.7. The molecule has 0 radical (unpaired) electrons. The fraction of sp³-hybridized carbons (Fsp3) is 0.200. The molecule has 2 aromatic rings. The molecule has 0 aromatic heterocycles. The van der Waals surface area contributed by atoms with Gasteiger partial charge >= 0.3 is 0 Å². The van der Waals surface area contributed by atoms with Gasteiger partial charge in [-0.3, -0.25) is 0 Å². The van der Waals surface area contributed by atoms with Crippen molar-refractivity contribution in [3.05, 3.63) is 65.7 Å². The zero-order chi connectivity index (χ0) is 13.5. The normalized spacial score (nSPS) is 10.4. The molecule has 19 heavy (non-hydrogen) atoms. The Bertz CT molecular complexity index is 517. The molecule has 0 atom stereocenters. The van der Waals surface area contributed by atoms with Crippen LogP contribution in [-0.2, 0) is 6.54 Å². The highest BCUT2D eigenvalue weighted by molar-refractivity contribution is 5.21. The largest absolute Gasteiger partial charge is 0.492 e. The molecule has 0 aliphatic carbocycles. The van der Waals surface area contributed by atoms with E-state index in [1.165, 1.54) is 6.07 Å². The summed E-state index contributed by atoms with van der Waals surface area (Å²) in [5, 5.41) is 3.01. The van der Waals surface area contributed by atoms with Crippen molar-refractivity contribution in [2.75, 3.05) is 13.2 Å². The molecular formula is C15H15F2NO. The third-order valence-corrected chi connectivity index (χ3v) is 2.64. The molecule has 0 amide bonds. The Morgan fingerprint density at radius 3 is 2.53 bits per heavy atom. The zero-order valence-electron chi connectivity index (χ0n) is 10.4. The van der Waals surface area contributed by atoms with Gasteiger partial charge in [-0.1, -0.05) is 30.3 Å². The van der Waals surface area contributed by atoms with Crippen molar-refractivity contribution >= 4 is 0 Å². The summed E-state index contributed by atoms with van der Waals surface area (Å²) in [6, 6.07) is 13.6. The lowest BCUT2D eigenvalue weighted by Gasteiger charge is -2.08. The van der Waals surface area contributed by atoms with Crippen molar-refractivity contribution in [3.8, 4) is 5.75 Å². The molecule has 0 unspecified atom stereocenters. The summed E-state index contributed by atoms with van der Waals surface area (Å²) in [5.74, 6) is -0.819. The summed E-state index contributed by atoms with van der Waals surface area (Å²) in [7, 11) is 0. The number of hydrogen-bond donors (Lipinski definition) is 1. The second-order valence-electron chi connectivity index (χ2n) is 4.05. The minimum absolute atomic E-state index is 0.280. The maximum atomic E-state index is 13.3. The van der Waals surface area contributed by atoms with Crippen molar-refractivity contribution in [3.63, 3.8) is 0 Å². The molecule has 2 nitrogen and oxygen atoms in total. The molecule has 0 saturated carbocycles. The van der Waals surface area contributed by atoms with Crippen LogP contribution in [0.25, 0.3) is 0 Å². The lowest BCUT2D eigenvalue weighted by atomic mass is 10.2. The van der Waals surface area contributed by atoms with Crippen molar-refractivity contribution in [2.45, 2.75) is 6.54 Å². The van der Waals surface area contributed by atoms with Crippen LogP contribution in [0.4, 0.5) is 8.78 Å². The van der Waals surface area contributed by atoms with Gasteiger partial charge in [-0.15, -0.1) is 0 Å². The van der Waals surface area contributed by atoms with Crippen LogP contribution in [0.2, 0.25) is 0 Å². The second kappa shape index (κ2) is 6.85. The zero-order valence-corrected chi connectivity index (χ0v) is 10.4. The molecule has 0 heterocycles. The van der Waals surface area contributed by atoms with E-state index in [4.69, 9.17) is 4.74 Å². The van der Waals surface area contributed by atoms with Gasteiger partial charge in [-0.05, 0) is 18.2 Å². The predicted molar refractivity (Wildman–Crippen MR) is 70.0 cm³/mol. The molecule has 2 rings (SSSR count). The molecule has 100 valence electrons. The van der Waals surface area contributed by atoms with Crippen molar-refractivity contribution in [2.24, 2.45) is 0 Å². The highest BCUT2D eigenvalue weighted by Crippen LogP contribution is 2.11. The van der Waals surface area contributed by atoms with Crippen LogP contribution in [0.5, 0.6) is 5.75 Å². The third kappa shape index (κ3) is 4.03. The molecule has 1 N–H and O–H groups in total. The van der Waals surface area contributed by atoms with E-state index in [1.54, 1.807) is 6.07 Å². The van der Waals surface area contributed by atoms with Crippen LogP contribution in [0.1, 0.15) is 5.56 Å². The topological polar surface area (TPSA) is 21.3 Å². The molecule has 0 aliphatic rings. The van der Waals surface area contributed by atoms with E-state index in [2.05, 4.69) is 5.32 Å². The summed E-state index contributed by atoms with van der Waals surface area (Å²) >= 11 is 0. The van der Waals surface area contributed by atoms with Crippen LogP contribution in [-0.4, -0.2) is 13.2 Å². The van der Waals surface area contributed by atoms with E-state index in [1.807, 2.05) is 30.3 Å². The average molecular weight is 263 g/mol. The molecule has 0 spiro atoms. The Morgan fingerprint density at radius 1 is 0.947 bits per heavy atom. The number of halogens is 2. The molecule has 0 saturated heterocycles. The number of hydrogen-bond acceptors (Lipinski definition) is 2. The Labute approximate surface area is 111 Å². The average Bonchev–Trinajstić information content (AvgIpc) is 2.44. The number of para-hydroxylation sites is 1. The molecule has 0 aliphatic heterocycles. The highest BCUT2D eigenvalue weighted by atomic mass is 19.2. The lowest BCUT2D eigenvalue weighted by molar-refractivity contribution is 0.313. The monoisotopic (exact) mass is 263 g/mol. The van der Waals surface area contributed by atoms with E-state index >= 15 is 0 Å². The first-order valence-electron chi connectivity index (χ1n) is 6.09. The maximum Gasteiger partial charge on any atom is 0.163 e. The molecule has 2 aromatic carbocycles. The van der Waals surface area contributed by atoms with Gasteiger partial charge in [0.1, 0.15) is 12.4 Å². The Morgan fingerprint density at radius 2 is 1.74 bits per heavy atom. The van der Waals surface area contributed by atoms with E-state index in [0.717, 1.165) is 11.8 Å². The van der Waals surface area contributed by atoms with Crippen LogP contribution in [0.3, 0.4) is 0 Å². The first-order chi connectivity index (χ1) is 9.27. The Kier molecular flexibility index (Phi) is 4.86. The number of nitrogens with one attached hydrogen (secondary N) is 1. The molecule has 0 bridgehead atoms. The quantitative estimate of drug-likeness (QED) is 0.808. The standard InChI is InChI=1S/C15H15F2NO/c16-14-8-4-5-12(15(14)17)11-18-9-10-19-13-6-2-1-3-7-13/h1-8,18H,9-11H2. The Balaban J connectivity index is 1.71. The van der Waals surface area contributed by atoms with Gasteiger partial charge in [0.05, 0.1) is 0 Å². The van der Waals surface area contributed by atoms with Crippen molar-refractivity contribution in [1.29, 1.82) is 0 Å². The summed E-state index contributed by atoms with van der Waals surface area (Å²) in [6.45, 7) is 1.31. The van der Waals surface area contributed by atoms with Crippen LogP contribution in [0.15, 0.2) is 48.5 Å².